The third-order valence-electron chi connectivity index (χ3n) is 4.42. The van der Waals surface area contributed by atoms with E-state index in [4.69, 9.17) is 4.74 Å². The van der Waals surface area contributed by atoms with Crippen molar-refractivity contribution in [2.45, 2.75) is 38.7 Å². The molecule has 2 atom stereocenters. The Hall–Kier alpha value is -1.35. The zero-order valence-corrected chi connectivity index (χ0v) is 12.8. The summed E-state index contributed by atoms with van der Waals surface area (Å²) in [6.07, 6.45) is 2.33. The second-order valence-electron chi connectivity index (χ2n) is 5.68. The first-order valence-electron chi connectivity index (χ1n) is 7.58. The van der Waals surface area contributed by atoms with Crippen molar-refractivity contribution in [1.29, 1.82) is 0 Å². The lowest BCUT2D eigenvalue weighted by atomic mass is 9.78. The maximum atomic E-state index is 12.0. The molecule has 0 saturated carbocycles. The standard InChI is InChI=1S/C17H25NO2/c1-4-16(19)20-17(5-2,14-9-7-6-8-10-14)15-11-12-18(3)13-15/h6-10,15H,4-5,11-13H2,1-3H3/t15-,17-/m1/s1. The average Bonchev–Trinajstić information content (AvgIpc) is 2.92. The van der Waals surface area contributed by atoms with E-state index in [0.717, 1.165) is 31.5 Å². The molecule has 0 N–H and O–H groups in total. The molecule has 3 heteroatoms. The topological polar surface area (TPSA) is 29.5 Å². The number of esters is 1. The number of rotatable bonds is 5. The van der Waals surface area contributed by atoms with E-state index in [2.05, 4.69) is 31.0 Å². The smallest absolute Gasteiger partial charge is 0.306 e. The van der Waals surface area contributed by atoms with Crippen LogP contribution in [0.3, 0.4) is 0 Å². The van der Waals surface area contributed by atoms with E-state index in [9.17, 15) is 4.79 Å². The zero-order valence-electron chi connectivity index (χ0n) is 12.8. The minimum absolute atomic E-state index is 0.106. The Balaban J connectivity index is 2.37. The summed E-state index contributed by atoms with van der Waals surface area (Å²) in [6, 6.07) is 10.2. The van der Waals surface area contributed by atoms with Crippen LogP contribution in [0.1, 0.15) is 38.7 Å². The van der Waals surface area contributed by atoms with Crippen LogP contribution in [-0.2, 0) is 15.1 Å². The van der Waals surface area contributed by atoms with Crippen molar-refractivity contribution in [1.82, 2.24) is 4.90 Å². The van der Waals surface area contributed by atoms with Gasteiger partial charge in [0.15, 0.2) is 0 Å². The van der Waals surface area contributed by atoms with Crippen LogP contribution in [0, 0.1) is 5.92 Å². The van der Waals surface area contributed by atoms with Gasteiger partial charge >= 0.3 is 5.97 Å². The van der Waals surface area contributed by atoms with E-state index in [1.54, 1.807) is 0 Å². The molecule has 0 bridgehead atoms. The number of nitrogens with zero attached hydrogens (tertiary/aromatic N) is 1. The molecule has 1 aromatic rings. The number of hydrogen-bond acceptors (Lipinski definition) is 3. The molecule has 3 nitrogen and oxygen atoms in total. The zero-order chi connectivity index (χ0) is 14.6. The van der Waals surface area contributed by atoms with Crippen molar-refractivity contribution >= 4 is 5.97 Å². The molecule has 1 aliphatic rings. The first-order valence-corrected chi connectivity index (χ1v) is 7.58. The van der Waals surface area contributed by atoms with Gasteiger partial charge in [-0.05, 0) is 32.0 Å². The number of carbonyl (C=O) groups excluding carboxylic acids is 1. The summed E-state index contributed by atoms with van der Waals surface area (Å²) in [5, 5.41) is 0. The molecule has 110 valence electrons. The van der Waals surface area contributed by atoms with Gasteiger partial charge in [0.1, 0.15) is 5.60 Å². The Morgan fingerprint density at radius 3 is 2.55 bits per heavy atom. The summed E-state index contributed by atoms with van der Waals surface area (Å²) in [7, 11) is 2.13. The van der Waals surface area contributed by atoms with Gasteiger partial charge in [0.05, 0.1) is 0 Å². The van der Waals surface area contributed by atoms with Crippen LogP contribution in [0.4, 0.5) is 0 Å². The molecule has 1 aromatic carbocycles. The molecule has 0 aliphatic carbocycles. The van der Waals surface area contributed by atoms with Crippen molar-refractivity contribution < 1.29 is 9.53 Å². The number of carbonyl (C=O) groups is 1. The fourth-order valence-corrected chi connectivity index (χ4v) is 3.25. The van der Waals surface area contributed by atoms with E-state index in [0.29, 0.717) is 12.3 Å². The molecule has 2 rings (SSSR count). The van der Waals surface area contributed by atoms with Gasteiger partial charge in [-0.15, -0.1) is 0 Å². The summed E-state index contributed by atoms with van der Waals surface area (Å²) >= 11 is 0. The van der Waals surface area contributed by atoms with Crippen LogP contribution in [0.2, 0.25) is 0 Å². The number of ether oxygens (including phenoxy) is 1. The molecule has 1 saturated heterocycles. The maximum absolute atomic E-state index is 12.0. The first-order chi connectivity index (χ1) is 9.62. The largest absolute Gasteiger partial charge is 0.454 e. The molecule has 1 aliphatic heterocycles. The van der Waals surface area contributed by atoms with Gasteiger partial charge < -0.3 is 9.64 Å². The summed E-state index contributed by atoms with van der Waals surface area (Å²) in [5.74, 6) is 0.264. The van der Waals surface area contributed by atoms with Crippen molar-refractivity contribution in [3.05, 3.63) is 35.9 Å². The van der Waals surface area contributed by atoms with Crippen molar-refractivity contribution in [3.63, 3.8) is 0 Å². The Labute approximate surface area is 121 Å². The van der Waals surface area contributed by atoms with Gasteiger partial charge in [0, 0.05) is 18.9 Å². The molecule has 0 aromatic heterocycles. The summed E-state index contributed by atoms with van der Waals surface area (Å²) in [5.41, 5.74) is 0.656. The summed E-state index contributed by atoms with van der Waals surface area (Å²) < 4.78 is 5.99. The summed E-state index contributed by atoms with van der Waals surface area (Å²) in [4.78, 5) is 14.3. The molecule has 0 unspecified atom stereocenters. The Bertz CT molecular complexity index is 446. The van der Waals surface area contributed by atoms with Crippen molar-refractivity contribution in [2.75, 3.05) is 20.1 Å². The fourth-order valence-electron chi connectivity index (χ4n) is 3.25. The third-order valence-corrected chi connectivity index (χ3v) is 4.42. The molecular formula is C17H25NO2. The van der Waals surface area contributed by atoms with Crippen LogP contribution in [0.25, 0.3) is 0 Å². The quantitative estimate of drug-likeness (QED) is 0.773. The molecule has 0 amide bonds. The van der Waals surface area contributed by atoms with Gasteiger partial charge in [-0.1, -0.05) is 44.2 Å². The highest BCUT2D eigenvalue weighted by atomic mass is 16.6. The summed E-state index contributed by atoms with van der Waals surface area (Å²) in [6.45, 7) is 6.03. The molecule has 0 radical (unpaired) electrons. The predicted octanol–water partition coefficient (Wildman–Crippen LogP) is 3.20. The Morgan fingerprint density at radius 2 is 2.05 bits per heavy atom. The van der Waals surface area contributed by atoms with Gasteiger partial charge in [-0.2, -0.15) is 0 Å². The van der Waals surface area contributed by atoms with Gasteiger partial charge in [-0.3, -0.25) is 4.79 Å². The molecule has 1 heterocycles. The third kappa shape index (κ3) is 2.88. The lowest BCUT2D eigenvalue weighted by molar-refractivity contribution is -0.168. The van der Waals surface area contributed by atoms with E-state index in [1.807, 2.05) is 25.1 Å². The number of benzene rings is 1. The first kappa shape index (κ1) is 15.0. The number of hydrogen-bond donors (Lipinski definition) is 0. The highest BCUT2D eigenvalue weighted by molar-refractivity contribution is 5.69. The monoisotopic (exact) mass is 275 g/mol. The van der Waals surface area contributed by atoms with Crippen LogP contribution in [0.15, 0.2) is 30.3 Å². The Kier molecular flexibility index (Phi) is 4.81. The Morgan fingerprint density at radius 1 is 1.35 bits per heavy atom. The minimum Gasteiger partial charge on any atom is -0.454 e. The lowest BCUT2D eigenvalue weighted by Crippen LogP contribution is -2.40. The van der Waals surface area contributed by atoms with Gasteiger partial charge in [0.2, 0.25) is 0 Å². The molecule has 20 heavy (non-hydrogen) atoms. The molecule has 0 spiro atoms. The second-order valence-corrected chi connectivity index (χ2v) is 5.68. The SMILES string of the molecule is CCC(=O)O[C@](CC)(c1ccccc1)[C@@H]1CCN(C)C1. The molecular weight excluding hydrogens is 250 g/mol. The van der Waals surface area contributed by atoms with E-state index >= 15 is 0 Å². The van der Waals surface area contributed by atoms with Crippen molar-refractivity contribution in [3.8, 4) is 0 Å². The van der Waals surface area contributed by atoms with Crippen LogP contribution < -0.4 is 0 Å². The van der Waals surface area contributed by atoms with Crippen LogP contribution in [-0.4, -0.2) is 31.0 Å². The highest BCUT2D eigenvalue weighted by Crippen LogP contribution is 2.42. The molecule has 1 fully saturated rings. The second kappa shape index (κ2) is 6.40. The normalized spacial score (nSPS) is 22.4. The minimum atomic E-state index is -0.473. The average molecular weight is 275 g/mol. The van der Waals surface area contributed by atoms with Crippen molar-refractivity contribution in [2.24, 2.45) is 5.92 Å². The van der Waals surface area contributed by atoms with Gasteiger partial charge in [0.25, 0.3) is 0 Å². The fraction of sp³-hybridized carbons (Fsp3) is 0.588. The predicted molar refractivity (Wildman–Crippen MR) is 80.4 cm³/mol. The highest BCUT2D eigenvalue weighted by Gasteiger charge is 2.44. The van der Waals surface area contributed by atoms with E-state index in [1.165, 1.54) is 0 Å². The van der Waals surface area contributed by atoms with Gasteiger partial charge in [-0.25, -0.2) is 0 Å². The van der Waals surface area contributed by atoms with Crippen LogP contribution >= 0.6 is 0 Å². The maximum Gasteiger partial charge on any atom is 0.306 e. The van der Waals surface area contributed by atoms with E-state index < -0.39 is 5.60 Å². The lowest BCUT2D eigenvalue weighted by Gasteiger charge is -2.38. The number of likely N-dealkylation sites (tertiary alicyclic amines) is 1. The van der Waals surface area contributed by atoms with Crippen LogP contribution in [0.5, 0.6) is 0 Å². The van der Waals surface area contributed by atoms with E-state index in [-0.39, 0.29) is 5.97 Å².